The van der Waals surface area contributed by atoms with E-state index in [4.69, 9.17) is 10.5 Å². The fourth-order valence-corrected chi connectivity index (χ4v) is 4.50. The molecule has 1 saturated carbocycles. The molecule has 3 atom stereocenters. The molecule has 0 spiro atoms. The number of hydrogen-bond acceptors (Lipinski definition) is 5. The molecule has 1 aliphatic carbocycles. The number of likely N-dealkylation sites (tertiary alicyclic amines) is 1. The van der Waals surface area contributed by atoms with Crippen molar-refractivity contribution in [3.8, 4) is 16.9 Å². The summed E-state index contributed by atoms with van der Waals surface area (Å²) in [6.45, 7) is 1.09. The predicted octanol–water partition coefficient (Wildman–Crippen LogP) is 3.42. The van der Waals surface area contributed by atoms with Crippen LogP contribution in [0.5, 0.6) is 5.75 Å². The van der Waals surface area contributed by atoms with Gasteiger partial charge >= 0.3 is 0 Å². The Bertz CT molecular complexity index is 1060. The molecule has 0 bridgehead atoms. The van der Waals surface area contributed by atoms with Crippen molar-refractivity contribution in [2.24, 2.45) is 11.8 Å². The number of piperidine rings is 1. The van der Waals surface area contributed by atoms with Gasteiger partial charge in [-0.2, -0.15) is 0 Å². The lowest BCUT2D eigenvalue weighted by atomic mass is 9.98. The van der Waals surface area contributed by atoms with Gasteiger partial charge in [-0.1, -0.05) is 30.3 Å². The first-order valence-corrected chi connectivity index (χ1v) is 10.1. The number of alkyl halides is 2. The van der Waals surface area contributed by atoms with Gasteiger partial charge in [0.15, 0.2) is 0 Å². The number of aromatic nitrogens is 1. The molecule has 1 aliphatic heterocycles. The number of nitrogens with two attached hydrogens (primary N) is 1. The van der Waals surface area contributed by atoms with Crippen molar-refractivity contribution in [1.82, 2.24) is 9.88 Å². The van der Waals surface area contributed by atoms with Crippen LogP contribution in [0.4, 0.5) is 14.6 Å². The number of pyridine rings is 1. The molecule has 2 fully saturated rings. The minimum Gasteiger partial charge on any atom is -0.490 e. The average molecular weight is 411 g/mol. The number of nitrogens with zero attached hydrogens (tertiary/aromatic N) is 2. The molecule has 3 unspecified atom stereocenters. The van der Waals surface area contributed by atoms with Gasteiger partial charge in [0.2, 0.25) is 0 Å². The van der Waals surface area contributed by atoms with E-state index >= 15 is 0 Å². The van der Waals surface area contributed by atoms with Gasteiger partial charge in [0, 0.05) is 48.8 Å². The first-order valence-electron chi connectivity index (χ1n) is 10.1. The molecular formula is C23H23F2N3O2. The maximum atomic E-state index is 13.4. The van der Waals surface area contributed by atoms with Gasteiger partial charge in [-0.15, -0.1) is 0 Å². The predicted molar refractivity (Wildman–Crippen MR) is 111 cm³/mol. The van der Waals surface area contributed by atoms with Gasteiger partial charge in [0.1, 0.15) is 24.3 Å². The second kappa shape index (κ2) is 7.18. The molecule has 156 valence electrons. The monoisotopic (exact) mass is 411 g/mol. The van der Waals surface area contributed by atoms with Crippen molar-refractivity contribution in [3.05, 3.63) is 54.7 Å². The van der Waals surface area contributed by atoms with Crippen molar-refractivity contribution < 1.29 is 18.6 Å². The van der Waals surface area contributed by atoms with Crippen LogP contribution in [0, 0.1) is 11.8 Å². The Labute approximate surface area is 173 Å². The van der Waals surface area contributed by atoms with Crippen molar-refractivity contribution in [2.75, 3.05) is 32.0 Å². The van der Waals surface area contributed by atoms with Crippen LogP contribution in [-0.2, 0) is 0 Å². The lowest BCUT2D eigenvalue weighted by Gasteiger charge is -2.23. The van der Waals surface area contributed by atoms with Crippen LogP contribution in [0.25, 0.3) is 21.9 Å². The van der Waals surface area contributed by atoms with Crippen molar-refractivity contribution in [2.45, 2.75) is 12.0 Å². The second-order valence-corrected chi connectivity index (χ2v) is 8.20. The molecule has 0 amide bonds. The van der Waals surface area contributed by atoms with E-state index in [0.717, 1.165) is 21.9 Å². The Hall–Kier alpha value is -2.77. The Balaban J connectivity index is 1.33. The highest BCUT2D eigenvalue weighted by Crippen LogP contribution is 2.59. The van der Waals surface area contributed by atoms with Crippen LogP contribution in [0.2, 0.25) is 0 Å². The van der Waals surface area contributed by atoms with Crippen LogP contribution in [0.1, 0.15) is 0 Å². The zero-order valence-corrected chi connectivity index (χ0v) is 16.3. The fraction of sp³-hybridized carbons (Fsp3) is 0.348. The molecular weight excluding hydrogens is 388 g/mol. The fourth-order valence-electron chi connectivity index (χ4n) is 4.50. The maximum absolute atomic E-state index is 13.4. The number of anilines is 1. The number of nitrogen functional groups attached to an aromatic ring is 1. The Morgan fingerprint density at radius 2 is 1.90 bits per heavy atom. The maximum Gasteiger partial charge on any atom is 0.257 e. The molecule has 2 heterocycles. The lowest BCUT2D eigenvalue weighted by Crippen LogP contribution is -2.37. The van der Waals surface area contributed by atoms with Gasteiger partial charge in [-0.05, 0) is 29.0 Å². The largest absolute Gasteiger partial charge is 0.490 e. The minimum atomic E-state index is -2.51. The number of β-amino-alcohol motifs (C(OH)–C–C–N with tert-alkyl or cyclic N) is 1. The van der Waals surface area contributed by atoms with Crippen molar-refractivity contribution in [1.29, 1.82) is 0 Å². The average Bonchev–Trinajstić information content (AvgIpc) is 3.05. The summed E-state index contributed by atoms with van der Waals surface area (Å²) in [4.78, 5) is 6.09. The van der Waals surface area contributed by atoms with Gasteiger partial charge in [0.05, 0.1) is 0 Å². The highest BCUT2D eigenvalue weighted by molar-refractivity contribution is 5.99. The Kier molecular flexibility index (Phi) is 4.60. The SMILES string of the molecule is Nc1ccc(-c2c(OCC(O)CN3CC4C(C3)C4(F)F)ccc3ccccc23)cn1. The minimum absolute atomic E-state index is 0.0793. The lowest BCUT2D eigenvalue weighted by molar-refractivity contribution is 0.0303. The normalized spacial score (nSPS) is 23.3. The van der Waals surface area contributed by atoms with Crippen LogP contribution >= 0.6 is 0 Å². The van der Waals surface area contributed by atoms with E-state index < -0.39 is 23.9 Å². The number of aliphatic hydroxyl groups is 1. The smallest absolute Gasteiger partial charge is 0.257 e. The first-order chi connectivity index (χ1) is 14.4. The van der Waals surface area contributed by atoms with Gasteiger partial charge < -0.3 is 15.6 Å². The molecule has 1 aromatic heterocycles. The summed E-state index contributed by atoms with van der Waals surface area (Å²) in [7, 11) is 0. The summed E-state index contributed by atoms with van der Waals surface area (Å²) in [6, 6.07) is 15.5. The van der Waals surface area contributed by atoms with Crippen LogP contribution in [0.3, 0.4) is 0 Å². The third-order valence-corrected chi connectivity index (χ3v) is 6.14. The van der Waals surface area contributed by atoms with E-state index in [9.17, 15) is 13.9 Å². The Morgan fingerprint density at radius 3 is 2.63 bits per heavy atom. The summed E-state index contributed by atoms with van der Waals surface area (Å²) in [5.41, 5.74) is 7.49. The van der Waals surface area contributed by atoms with Gasteiger partial charge in [-0.3, -0.25) is 4.90 Å². The molecule has 3 N–H and O–H groups in total. The molecule has 7 heteroatoms. The van der Waals surface area contributed by atoms with E-state index in [-0.39, 0.29) is 6.61 Å². The number of fused-ring (bicyclic) bond motifs is 2. The number of hydrogen-bond donors (Lipinski definition) is 2. The highest BCUT2D eigenvalue weighted by atomic mass is 19.3. The molecule has 5 nitrogen and oxygen atoms in total. The van der Waals surface area contributed by atoms with E-state index in [1.54, 1.807) is 12.3 Å². The zero-order valence-electron chi connectivity index (χ0n) is 16.3. The summed E-state index contributed by atoms with van der Waals surface area (Å²) in [5.74, 6) is -2.53. The number of benzene rings is 2. The van der Waals surface area contributed by atoms with E-state index in [0.29, 0.717) is 31.2 Å². The highest BCUT2D eigenvalue weighted by Gasteiger charge is 2.71. The summed E-state index contributed by atoms with van der Waals surface area (Å²) < 4.78 is 32.7. The van der Waals surface area contributed by atoms with E-state index in [2.05, 4.69) is 4.98 Å². The second-order valence-electron chi connectivity index (χ2n) is 8.20. The number of aliphatic hydroxyl groups excluding tert-OH is 1. The molecule has 1 saturated heterocycles. The molecule has 5 rings (SSSR count). The Morgan fingerprint density at radius 1 is 1.13 bits per heavy atom. The molecule has 30 heavy (non-hydrogen) atoms. The molecule has 2 aliphatic rings. The number of halogens is 2. The first kappa shape index (κ1) is 19.2. The van der Waals surface area contributed by atoms with Gasteiger partial charge in [-0.25, -0.2) is 13.8 Å². The molecule has 3 aromatic rings. The van der Waals surface area contributed by atoms with Crippen LogP contribution in [-0.4, -0.2) is 53.3 Å². The van der Waals surface area contributed by atoms with E-state index in [1.807, 2.05) is 47.4 Å². The summed E-state index contributed by atoms with van der Waals surface area (Å²) in [6.07, 6.45) is 0.942. The van der Waals surface area contributed by atoms with Gasteiger partial charge in [0.25, 0.3) is 5.92 Å². The summed E-state index contributed by atoms with van der Waals surface area (Å²) >= 11 is 0. The molecule has 0 radical (unpaired) electrons. The number of rotatable bonds is 6. The van der Waals surface area contributed by atoms with Crippen molar-refractivity contribution in [3.63, 3.8) is 0 Å². The zero-order chi connectivity index (χ0) is 20.9. The third-order valence-electron chi connectivity index (χ3n) is 6.14. The quantitative estimate of drug-likeness (QED) is 0.650. The molecule has 2 aromatic carbocycles. The number of ether oxygens (including phenoxy) is 1. The topological polar surface area (TPSA) is 71.6 Å². The summed E-state index contributed by atoms with van der Waals surface area (Å²) in [5, 5.41) is 12.5. The standard InChI is InChI=1S/C23H23F2N3O2/c24-23(25)18-11-28(12-19(18)23)10-16(29)13-30-20-7-5-14-3-1-2-4-17(14)22(20)15-6-8-21(26)27-9-15/h1-9,16,18-19,29H,10-13H2,(H2,26,27). The van der Waals surface area contributed by atoms with Crippen LogP contribution in [0.15, 0.2) is 54.7 Å². The van der Waals surface area contributed by atoms with Crippen molar-refractivity contribution >= 4 is 16.6 Å². The van der Waals surface area contributed by atoms with Crippen LogP contribution < -0.4 is 10.5 Å². The van der Waals surface area contributed by atoms with E-state index in [1.165, 1.54) is 0 Å². The third kappa shape index (κ3) is 3.38.